The van der Waals surface area contributed by atoms with E-state index in [1.165, 1.54) is 16.0 Å². The molecule has 1 N–H and O–H groups in total. The maximum atomic E-state index is 12.2. The molecule has 1 atom stereocenters. The molecule has 1 aromatic rings. The average molecular weight is 261 g/mol. The largest absolute Gasteiger partial charge is 0.481 e. The standard InChI is InChI=1S/C15H19NO3/c1-3-13(15(18)19)14(17)16(2)12-8-7-10-5-4-6-11(10)9-12/h7-9,13H,3-6H2,1-2H3,(H,18,19). The Morgan fingerprint density at radius 3 is 2.63 bits per heavy atom. The molecule has 0 saturated carbocycles. The molecule has 1 aliphatic carbocycles. The third kappa shape index (κ3) is 2.62. The Morgan fingerprint density at radius 2 is 2.00 bits per heavy atom. The number of aliphatic carboxylic acids is 1. The van der Waals surface area contributed by atoms with E-state index < -0.39 is 11.9 Å². The Morgan fingerprint density at radius 1 is 1.32 bits per heavy atom. The predicted molar refractivity (Wildman–Crippen MR) is 73.3 cm³/mol. The molecular weight excluding hydrogens is 242 g/mol. The number of aryl methyl sites for hydroxylation is 2. The van der Waals surface area contributed by atoms with Gasteiger partial charge in [-0.05, 0) is 48.9 Å². The first kappa shape index (κ1) is 13.6. The highest BCUT2D eigenvalue weighted by atomic mass is 16.4. The van der Waals surface area contributed by atoms with Crippen molar-refractivity contribution >= 4 is 17.6 Å². The number of nitrogens with zero attached hydrogens (tertiary/aromatic N) is 1. The lowest BCUT2D eigenvalue weighted by Gasteiger charge is -2.21. The van der Waals surface area contributed by atoms with Gasteiger partial charge in [0, 0.05) is 12.7 Å². The Balaban J connectivity index is 2.21. The number of anilines is 1. The van der Waals surface area contributed by atoms with E-state index in [9.17, 15) is 9.59 Å². The Kier molecular flexibility index (Phi) is 3.88. The first-order valence-corrected chi connectivity index (χ1v) is 6.66. The van der Waals surface area contributed by atoms with Crippen molar-refractivity contribution in [2.24, 2.45) is 5.92 Å². The SMILES string of the molecule is CCC(C(=O)O)C(=O)N(C)c1ccc2c(c1)CCC2. The third-order valence-corrected chi connectivity index (χ3v) is 3.80. The zero-order valence-corrected chi connectivity index (χ0v) is 11.3. The first-order valence-electron chi connectivity index (χ1n) is 6.66. The normalized spacial score (nSPS) is 14.8. The zero-order chi connectivity index (χ0) is 14.0. The van der Waals surface area contributed by atoms with E-state index in [0.29, 0.717) is 6.42 Å². The summed E-state index contributed by atoms with van der Waals surface area (Å²) in [4.78, 5) is 24.7. The van der Waals surface area contributed by atoms with Crippen LogP contribution < -0.4 is 4.90 Å². The molecule has 0 spiro atoms. The summed E-state index contributed by atoms with van der Waals surface area (Å²) in [6, 6.07) is 5.95. The second-order valence-electron chi connectivity index (χ2n) is 5.00. The number of amides is 1. The molecule has 1 amide bonds. The summed E-state index contributed by atoms with van der Waals surface area (Å²) >= 11 is 0. The van der Waals surface area contributed by atoms with Crippen LogP contribution >= 0.6 is 0 Å². The third-order valence-electron chi connectivity index (χ3n) is 3.80. The first-order chi connectivity index (χ1) is 9.04. The van der Waals surface area contributed by atoms with Crippen LogP contribution in [0.15, 0.2) is 18.2 Å². The highest BCUT2D eigenvalue weighted by Gasteiger charge is 2.28. The summed E-state index contributed by atoms with van der Waals surface area (Å²) in [5.74, 6) is -2.37. The van der Waals surface area contributed by atoms with Crippen LogP contribution in [0.2, 0.25) is 0 Å². The van der Waals surface area contributed by atoms with Gasteiger partial charge in [0.15, 0.2) is 0 Å². The van der Waals surface area contributed by atoms with Crippen molar-refractivity contribution < 1.29 is 14.7 Å². The second kappa shape index (κ2) is 5.43. The van der Waals surface area contributed by atoms with Crippen molar-refractivity contribution in [2.45, 2.75) is 32.6 Å². The number of carboxylic acid groups (broad SMARTS) is 1. The quantitative estimate of drug-likeness (QED) is 0.846. The van der Waals surface area contributed by atoms with Crippen LogP contribution in [0.5, 0.6) is 0 Å². The topological polar surface area (TPSA) is 57.6 Å². The summed E-state index contributed by atoms with van der Waals surface area (Å²) < 4.78 is 0. The molecular formula is C15H19NO3. The lowest BCUT2D eigenvalue weighted by molar-refractivity contribution is -0.146. The number of fused-ring (bicyclic) bond motifs is 1. The van der Waals surface area contributed by atoms with Gasteiger partial charge in [0.1, 0.15) is 5.92 Å². The van der Waals surface area contributed by atoms with E-state index in [1.807, 2.05) is 18.2 Å². The van der Waals surface area contributed by atoms with E-state index in [-0.39, 0.29) is 5.91 Å². The molecule has 0 aromatic heterocycles. The minimum absolute atomic E-state index is 0.309. The molecule has 1 aliphatic rings. The zero-order valence-electron chi connectivity index (χ0n) is 11.3. The van der Waals surface area contributed by atoms with Gasteiger partial charge in [-0.2, -0.15) is 0 Å². The Bertz CT molecular complexity index is 510. The van der Waals surface area contributed by atoms with Gasteiger partial charge in [-0.25, -0.2) is 0 Å². The predicted octanol–water partition coefficient (Wildman–Crippen LogP) is 2.25. The lowest BCUT2D eigenvalue weighted by Crippen LogP contribution is -2.36. The second-order valence-corrected chi connectivity index (χ2v) is 5.00. The number of rotatable bonds is 4. The number of carbonyl (C=O) groups excluding carboxylic acids is 1. The van der Waals surface area contributed by atoms with Crippen LogP contribution in [-0.4, -0.2) is 24.0 Å². The summed E-state index contributed by atoms with van der Waals surface area (Å²) in [6.07, 6.45) is 3.61. The van der Waals surface area contributed by atoms with Gasteiger partial charge in [0.05, 0.1) is 0 Å². The van der Waals surface area contributed by atoms with Gasteiger partial charge in [0.2, 0.25) is 5.91 Å². The number of carboxylic acids is 1. The van der Waals surface area contributed by atoms with Crippen LogP contribution in [0.4, 0.5) is 5.69 Å². The maximum absolute atomic E-state index is 12.2. The molecule has 0 bridgehead atoms. The van der Waals surface area contributed by atoms with Crippen molar-refractivity contribution in [3.8, 4) is 0 Å². The fourth-order valence-electron chi connectivity index (χ4n) is 2.58. The summed E-state index contributed by atoms with van der Waals surface area (Å²) in [7, 11) is 1.64. The molecule has 0 radical (unpaired) electrons. The molecule has 1 unspecified atom stereocenters. The molecule has 102 valence electrons. The number of hydrogen-bond donors (Lipinski definition) is 1. The van der Waals surface area contributed by atoms with Gasteiger partial charge in [-0.3, -0.25) is 9.59 Å². The molecule has 4 nitrogen and oxygen atoms in total. The Labute approximate surface area is 113 Å². The van der Waals surface area contributed by atoms with Gasteiger partial charge in [-0.15, -0.1) is 0 Å². The molecule has 2 rings (SSSR count). The number of carbonyl (C=O) groups is 2. The minimum atomic E-state index is -1.06. The van der Waals surface area contributed by atoms with Crippen molar-refractivity contribution in [3.05, 3.63) is 29.3 Å². The van der Waals surface area contributed by atoms with E-state index >= 15 is 0 Å². The molecule has 0 heterocycles. The molecule has 1 aromatic carbocycles. The summed E-state index contributed by atoms with van der Waals surface area (Å²) in [5.41, 5.74) is 3.40. The fraction of sp³-hybridized carbons (Fsp3) is 0.467. The number of hydrogen-bond acceptors (Lipinski definition) is 2. The van der Waals surface area contributed by atoms with Gasteiger partial charge < -0.3 is 10.0 Å². The fourth-order valence-corrected chi connectivity index (χ4v) is 2.58. The summed E-state index contributed by atoms with van der Waals surface area (Å²) in [6.45, 7) is 1.72. The molecule has 0 saturated heterocycles. The van der Waals surface area contributed by atoms with Crippen LogP contribution in [0.25, 0.3) is 0 Å². The van der Waals surface area contributed by atoms with E-state index in [4.69, 9.17) is 5.11 Å². The van der Waals surface area contributed by atoms with Gasteiger partial charge in [0.25, 0.3) is 0 Å². The minimum Gasteiger partial charge on any atom is -0.481 e. The van der Waals surface area contributed by atoms with E-state index in [0.717, 1.165) is 24.9 Å². The van der Waals surface area contributed by atoms with E-state index in [1.54, 1.807) is 14.0 Å². The van der Waals surface area contributed by atoms with Crippen molar-refractivity contribution in [1.82, 2.24) is 0 Å². The van der Waals surface area contributed by atoms with E-state index in [2.05, 4.69) is 0 Å². The lowest BCUT2D eigenvalue weighted by atomic mass is 10.0. The van der Waals surface area contributed by atoms with Crippen LogP contribution in [0, 0.1) is 5.92 Å². The van der Waals surface area contributed by atoms with Crippen LogP contribution in [-0.2, 0) is 22.4 Å². The smallest absolute Gasteiger partial charge is 0.316 e. The molecule has 4 heteroatoms. The van der Waals surface area contributed by atoms with Crippen molar-refractivity contribution in [3.63, 3.8) is 0 Å². The summed E-state index contributed by atoms with van der Waals surface area (Å²) in [5, 5.41) is 9.05. The van der Waals surface area contributed by atoms with Crippen LogP contribution in [0.3, 0.4) is 0 Å². The molecule has 19 heavy (non-hydrogen) atoms. The van der Waals surface area contributed by atoms with Crippen LogP contribution in [0.1, 0.15) is 30.9 Å². The molecule has 0 fully saturated rings. The average Bonchev–Trinajstić information content (AvgIpc) is 2.85. The highest BCUT2D eigenvalue weighted by Crippen LogP contribution is 2.27. The highest BCUT2D eigenvalue weighted by molar-refractivity contribution is 6.05. The van der Waals surface area contributed by atoms with Crippen molar-refractivity contribution in [2.75, 3.05) is 11.9 Å². The Hall–Kier alpha value is -1.84. The number of benzene rings is 1. The monoisotopic (exact) mass is 261 g/mol. The van der Waals surface area contributed by atoms with Gasteiger partial charge >= 0.3 is 5.97 Å². The van der Waals surface area contributed by atoms with Crippen molar-refractivity contribution in [1.29, 1.82) is 0 Å². The maximum Gasteiger partial charge on any atom is 0.316 e. The van der Waals surface area contributed by atoms with Gasteiger partial charge in [-0.1, -0.05) is 13.0 Å². The molecule has 0 aliphatic heterocycles.